The van der Waals surface area contributed by atoms with Gasteiger partial charge in [-0.3, -0.25) is 0 Å². The largest absolute Gasteiger partial charge is 0.150 e. The van der Waals surface area contributed by atoms with Crippen molar-refractivity contribution < 1.29 is 0 Å². The van der Waals surface area contributed by atoms with Gasteiger partial charge in [0.15, 0.2) is 0 Å². The van der Waals surface area contributed by atoms with Crippen LogP contribution in [0.5, 0.6) is 0 Å². The fourth-order valence-corrected chi connectivity index (χ4v) is 1.66. The van der Waals surface area contributed by atoms with E-state index in [1.807, 2.05) is 6.07 Å². The summed E-state index contributed by atoms with van der Waals surface area (Å²) in [5.74, 6) is 0. The molecule has 1 rings (SSSR count). The maximum atomic E-state index is 9.65. The Morgan fingerprint density at radius 2 is 1.77 bits per heavy atom. The third kappa shape index (κ3) is 2.48. The van der Waals surface area contributed by atoms with Gasteiger partial charge >= 0.3 is 0 Å². The molecule has 0 aliphatic carbocycles. The summed E-state index contributed by atoms with van der Waals surface area (Å²) in [6, 6.07) is 5.83. The standard InChI is InChI=1S/C12H17N/c1-3-6-10-8-5-9-12(13)11(10)7-4-2/h5,8-9H,3-4,6-7H2,1-2H3. The molecule has 1 nitrogen and oxygen atoms in total. The molecule has 1 aromatic rings. The van der Waals surface area contributed by atoms with E-state index in [1.165, 1.54) is 5.56 Å². The van der Waals surface area contributed by atoms with Crippen molar-refractivity contribution in [1.82, 2.24) is 5.73 Å². The van der Waals surface area contributed by atoms with Crippen molar-refractivity contribution in [2.24, 2.45) is 0 Å². The molecule has 0 heterocycles. The molecule has 0 fully saturated rings. The van der Waals surface area contributed by atoms with E-state index in [0.29, 0.717) is 5.69 Å². The Morgan fingerprint density at radius 1 is 1.08 bits per heavy atom. The molecule has 13 heavy (non-hydrogen) atoms. The van der Waals surface area contributed by atoms with E-state index in [4.69, 9.17) is 0 Å². The summed E-state index contributed by atoms with van der Waals surface area (Å²) in [5, 5.41) is 0. The van der Waals surface area contributed by atoms with Crippen molar-refractivity contribution in [2.45, 2.75) is 39.5 Å². The average molecular weight is 175 g/mol. The number of hydrogen-bond donors (Lipinski definition) is 0. The molecule has 0 amide bonds. The lowest BCUT2D eigenvalue weighted by molar-refractivity contribution is 0.860. The summed E-state index contributed by atoms with van der Waals surface area (Å²) in [7, 11) is 0. The molecule has 0 bridgehead atoms. The van der Waals surface area contributed by atoms with Gasteiger partial charge in [0.1, 0.15) is 0 Å². The smallest absolute Gasteiger partial charge is 0.0891 e. The van der Waals surface area contributed by atoms with E-state index >= 15 is 0 Å². The van der Waals surface area contributed by atoms with Crippen LogP contribution in [-0.2, 0) is 12.8 Å². The highest BCUT2D eigenvalue weighted by atomic mass is 14.6. The predicted molar refractivity (Wildman–Crippen MR) is 56.2 cm³/mol. The summed E-state index contributed by atoms with van der Waals surface area (Å²) in [6.45, 7) is 4.31. The molecule has 1 heteroatoms. The van der Waals surface area contributed by atoms with E-state index in [-0.39, 0.29) is 0 Å². The van der Waals surface area contributed by atoms with Gasteiger partial charge in [-0.05, 0) is 30.0 Å². The molecule has 0 aliphatic heterocycles. The zero-order chi connectivity index (χ0) is 9.68. The Kier molecular flexibility index (Phi) is 3.81. The van der Waals surface area contributed by atoms with Crippen LogP contribution in [0, 0.1) is 0 Å². The van der Waals surface area contributed by atoms with Gasteiger partial charge < -0.3 is 0 Å². The average Bonchev–Trinajstić information content (AvgIpc) is 2.11. The molecule has 1 aromatic carbocycles. The summed E-state index contributed by atoms with van der Waals surface area (Å²) in [4.78, 5) is 0. The third-order valence-corrected chi connectivity index (χ3v) is 2.27. The fourth-order valence-electron chi connectivity index (χ4n) is 1.66. The van der Waals surface area contributed by atoms with E-state index in [0.717, 1.165) is 31.2 Å². The molecule has 0 unspecified atom stereocenters. The van der Waals surface area contributed by atoms with E-state index in [2.05, 4.69) is 19.9 Å². The molecule has 0 spiro atoms. The maximum Gasteiger partial charge on any atom is 0.0891 e. The molecular weight excluding hydrogens is 158 g/mol. The lowest BCUT2D eigenvalue weighted by Gasteiger charge is -2.08. The van der Waals surface area contributed by atoms with Gasteiger partial charge in [-0.1, -0.05) is 38.8 Å². The van der Waals surface area contributed by atoms with Gasteiger partial charge in [-0.25, -0.2) is 0 Å². The van der Waals surface area contributed by atoms with Crippen molar-refractivity contribution in [3.63, 3.8) is 0 Å². The van der Waals surface area contributed by atoms with Crippen molar-refractivity contribution in [1.29, 1.82) is 0 Å². The number of hydrogen-bond acceptors (Lipinski definition) is 0. The topological polar surface area (TPSA) is 22.3 Å². The minimum atomic E-state index is 0.466. The molecule has 0 aliphatic rings. The van der Waals surface area contributed by atoms with E-state index in [1.54, 1.807) is 6.07 Å². The van der Waals surface area contributed by atoms with Crippen LogP contribution in [0.3, 0.4) is 0 Å². The first-order valence-electron chi connectivity index (χ1n) is 5.09. The minimum Gasteiger partial charge on any atom is -0.150 e. The lowest BCUT2D eigenvalue weighted by atomic mass is 9.98. The number of nitrogens with zero attached hydrogens (tertiary/aromatic N) is 1. The molecule has 0 saturated carbocycles. The molecule has 2 radical (unpaired) electrons. The van der Waals surface area contributed by atoms with Crippen LogP contribution >= 0.6 is 0 Å². The van der Waals surface area contributed by atoms with Crippen LogP contribution < -0.4 is 5.73 Å². The first kappa shape index (κ1) is 10.1. The molecule has 0 atom stereocenters. The summed E-state index contributed by atoms with van der Waals surface area (Å²) < 4.78 is 0. The van der Waals surface area contributed by atoms with Gasteiger partial charge in [-0.15, -0.1) is 0 Å². The number of aryl methyl sites for hydroxylation is 1. The van der Waals surface area contributed by atoms with Crippen LogP contribution in [0.25, 0.3) is 0 Å². The second-order valence-corrected chi connectivity index (χ2v) is 3.41. The van der Waals surface area contributed by atoms with Crippen molar-refractivity contribution >= 4 is 5.69 Å². The molecule has 0 N–H and O–H groups in total. The minimum absolute atomic E-state index is 0.466. The van der Waals surface area contributed by atoms with Gasteiger partial charge in [0, 0.05) is 0 Å². The molecular formula is C12H17N. The van der Waals surface area contributed by atoms with Crippen molar-refractivity contribution in [3.8, 4) is 0 Å². The quantitative estimate of drug-likeness (QED) is 0.670. The van der Waals surface area contributed by atoms with E-state index < -0.39 is 0 Å². The Hall–Kier alpha value is -0.980. The van der Waals surface area contributed by atoms with Crippen LogP contribution in [-0.4, -0.2) is 0 Å². The Morgan fingerprint density at radius 3 is 2.38 bits per heavy atom. The highest BCUT2D eigenvalue weighted by Gasteiger charge is 2.05. The second-order valence-electron chi connectivity index (χ2n) is 3.41. The number of benzene rings is 1. The lowest BCUT2D eigenvalue weighted by Crippen LogP contribution is -1.95. The van der Waals surface area contributed by atoms with Crippen LogP contribution in [0.1, 0.15) is 37.8 Å². The first-order chi connectivity index (χ1) is 6.29. The summed E-state index contributed by atoms with van der Waals surface area (Å²) in [5.41, 5.74) is 12.6. The zero-order valence-corrected chi connectivity index (χ0v) is 8.51. The van der Waals surface area contributed by atoms with E-state index in [9.17, 15) is 5.73 Å². The Bertz CT molecular complexity index is 266. The monoisotopic (exact) mass is 175 g/mol. The van der Waals surface area contributed by atoms with Gasteiger partial charge in [0.2, 0.25) is 0 Å². The predicted octanol–water partition coefficient (Wildman–Crippen LogP) is 3.29. The highest BCUT2D eigenvalue weighted by Crippen LogP contribution is 2.21. The van der Waals surface area contributed by atoms with Gasteiger partial charge in [0.05, 0.1) is 5.69 Å². The fraction of sp³-hybridized carbons (Fsp3) is 0.500. The highest BCUT2D eigenvalue weighted by molar-refractivity contribution is 5.48. The van der Waals surface area contributed by atoms with Crippen LogP contribution in [0.15, 0.2) is 18.2 Å². The van der Waals surface area contributed by atoms with Crippen molar-refractivity contribution in [3.05, 3.63) is 29.3 Å². The molecule has 70 valence electrons. The SMILES string of the molecule is CCCc1cccc([N])c1CCC. The van der Waals surface area contributed by atoms with Crippen molar-refractivity contribution in [2.75, 3.05) is 0 Å². The summed E-state index contributed by atoms with van der Waals surface area (Å²) >= 11 is 0. The Balaban J connectivity index is 2.95. The zero-order valence-electron chi connectivity index (χ0n) is 8.51. The first-order valence-corrected chi connectivity index (χ1v) is 5.09. The maximum absolute atomic E-state index is 9.65. The second kappa shape index (κ2) is 4.90. The van der Waals surface area contributed by atoms with Gasteiger partial charge in [-0.2, -0.15) is 5.73 Å². The Labute approximate surface area is 81.0 Å². The molecule has 0 saturated heterocycles. The molecule has 0 aromatic heterocycles. The van der Waals surface area contributed by atoms with Crippen LogP contribution in [0.4, 0.5) is 5.69 Å². The number of rotatable bonds is 4. The van der Waals surface area contributed by atoms with Crippen LogP contribution in [0.2, 0.25) is 0 Å². The third-order valence-electron chi connectivity index (χ3n) is 2.27. The van der Waals surface area contributed by atoms with Gasteiger partial charge in [0.25, 0.3) is 0 Å². The normalized spacial score (nSPS) is 10.3. The summed E-state index contributed by atoms with van der Waals surface area (Å²) in [6.07, 6.45) is 4.29.